The van der Waals surface area contributed by atoms with Gasteiger partial charge in [-0.1, -0.05) is 61.6 Å². The molecule has 4 rings (SSSR count). The molecule has 6 heteroatoms. The Hall–Kier alpha value is -2.96. The van der Waals surface area contributed by atoms with Crippen molar-refractivity contribution in [3.63, 3.8) is 0 Å². The molecular weight excluding hydrogens is 442 g/mol. The van der Waals surface area contributed by atoms with Crippen LogP contribution in [0.1, 0.15) is 42.3 Å². The maximum atomic E-state index is 14.3. The Balaban J connectivity index is 1.85. The lowest BCUT2D eigenvalue weighted by atomic mass is 10.0. The van der Waals surface area contributed by atoms with Gasteiger partial charge in [-0.25, -0.2) is 4.98 Å². The summed E-state index contributed by atoms with van der Waals surface area (Å²) in [6.45, 7) is 14.2. The number of carbonyl (C=O) groups is 1. The molecule has 0 atom stereocenters. The van der Waals surface area contributed by atoms with Gasteiger partial charge in [-0.05, 0) is 67.9 Å². The van der Waals surface area contributed by atoms with Crippen LogP contribution in [-0.2, 0) is 0 Å². The number of aromatic nitrogens is 1. The quantitative estimate of drug-likeness (QED) is 0.279. The van der Waals surface area contributed by atoms with Crippen LogP contribution < -0.4 is 9.64 Å². The average molecular weight is 476 g/mol. The number of amides is 1. The van der Waals surface area contributed by atoms with Crippen molar-refractivity contribution in [1.29, 1.82) is 0 Å². The molecule has 3 aromatic carbocycles. The molecule has 0 aliphatic rings. The van der Waals surface area contributed by atoms with Crippen LogP contribution in [0.4, 0.5) is 5.13 Å². The number of fused-ring (bicyclic) bond motifs is 2. The van der Waals surface area contributed by atoms with E-state index in [-0.39, 0.29) is 5.91 Å². The Bertz CT molecular complexity index is 1310. The number of carbonyl (C=O) groups excluding carboxylic acids is 1. The zero-order valence-electron chi connectivity index (χ0n) is 20.7. The number of benzene rings is 3. The molecule has 0 radical (unpaired) electrons. The van der Waals surface area contributed by atoms with Crippen LogP contribution >= 0.6 is 11.3 Å². The molecule has 34 heavy (non-hydrogen) atoms. The van der Waals surface area contributed by atoms with Gasteiger partial charge in [-0.3, -0.25) is 9.69 Å². The van der Waals surface area contributed by atoms with Gasteiger partial charge in [0.15, 0.2) is 5.13 Å². The summed E-state index contributed by atoms with van der Waals surface area (Å²) in [6, 6.07) is 16.2. The second-order valence-electron chi connectivity index (χ2n) is 8.43. The highest BCUT2D eigenvalue weighted by Gasteiger charge is 2.27. The van der Waals surface area contributed by atoms with Gasteiger partial charge < -0.3 is 9.64 Å². The van der Waals surface area contributed by atoms with E-state index in [4.69, 9.17) is 9.72 Å². The number of anilines is 1. The summed E-state index contributed by atoms with van der Waals surface area (Å²) in [7, 11) is 0. The Morgan fingerprint density at radius 2 is 1.74 bits per heavy atom. The number of hydrogen-bond acceptors (Lipinski definition) is 5. The van der Waals surface area contributed by atoms with Gasteiger partial charge in [0.25, 0.3) is 5.91 Å². The third-order valence-electron chi connectivity index (χ3n) is 6.49. The van der Waals surface area contributed by atoms with Gasteiger partial charge in [0, 0.05) is 13.1 Å². The highest BCUT2D eigenvalue weighted by Crippen LogP contribution is 2.35. The molecule has 0 saturated heterocycles. The van der Waals surface area contributed by atoms with Crippen LogP contribution in [0.15, 0.2) is 48.5 Å². The van der Waals surface area contributed by atoms with Crippen molar-refractivity contribution in [2.45, 2.75) is 34.6 Å². The minimum Gasteiger partial charge on any atom is -0.493 e. The number of nitrogens with zero attached hydrogens (tertiary/aromatic N) is 3. The molecule has 0 N–H and O–H groups in total. The summed E-state index contributed by atoms with van der Waals surface area (Å²) in [5.74, 6) is 0.549. The van der Waals surface area contributed by atoms with Crippen LogP contribution in [0.2, 0.25) is 0 Å². The lowest BCUT2D eigenvalue weighted by Gasteiger charge is -2.26. The van der Waals surface area contributed by atoms with E-state index in [1.807, 2.05) is 48.2 Å². The third kappa shape index (κ3) is 4.65. The topological polar surface area (TPSA) is 45.7 Å². The maximum Gasteiger partial charge on any atom is 0.264 e. The number of hydrogen-bond donors (Lipinski definition) is 0. The SMILES string of the molecule is CCOc1ccc2ccccc2c1C(=O)N(CCN(CC)CC)c1nc2c(C)c(C)ccc2s1. The molecule has 0 aliphatic carbocycles. The molecule has 1 aromatic heterocycles. The molecule has 178 valence electrons. The zero-order chi connectivity index (χ0) is 24.2. The molecular formula is C28H33N3O2S. The van der Waals surface area contributed by atoms with E-state index in [1.165, 1.54) is 5.56 Å². The van der Waals surface area contributed by atoms with E-state index in [9.17, 15) is 4.79 Å². The molecule has 1 amide bonds. The van der Waals surface area contributed by atoms with Gasteiger partial charge in [0.1, 0.15) is 5.75 Å². The molecule has 4 aromatic rings. The summed E-state index contributed by atoms with van der Waals surface area (Å²) < 4.78 is 7.04. The molecule has 0 fully saturated rings. The van der Waals surface area contributed by atoms with E-state index in [0.717, 1.165) is 51.3 Å². The molecule has 0 spiro atoms. The van der Waals surface area contributed by atoms with Crippen LogP contribution in [0.5, 0.6) is 5.75 Å². The van der Waals surface area contributed by atoms with Crippen molar-refractivity contribution in [1.82, 2.24) is 9.88 Å². The van der Waals surface area contributed by atoms with Crippen LogP contribution in [0.25, 0.3) is 21.0 Å². The van der Waals surface area contributed by atoms with E-state index in [1.54, 1.807) is 11.3 Å². The summed E-state index contributed by atoms with van der Waals surface area (Å²) >= 11 is 1.58. The highest BCUT2D eigenvalue weighted by molar-refractivity contribution is 7.22. The Labute approximate surface area is 206 Å². The van der Waals surface area contributed by atoms with Gasteiger partial charge >= 0.3 is 0 Å². The molecule has 1 heterocycles. The normalized spacial score (nSPS) is 11.5. The Kier molecular flexibility index (Phi) is 7.49. The first kappa shape index (κ1) is 24.2. The second-order valence-corrected chi connectivity index (χ2v) is 9.44. The summed E-state index contributed by atoms with van der Waals surface area (Å²) in [5.41, 5.74) is 3.95. The predicted octanol–water partition coefficient (Wildman–Crippen LogP) is 6.45. The van der Waals surface area contributed by atoms with Crippen LogP contribution in [-0.4, -0.2) is 48.6 Å². The second kappa shape index (κ2) is 10.5. The van der Waals surface area contributed by atoms with Gasteiger partial charge in [-0.15, -0.1) is 0 Å². The van der Waals surface area contributed by atoms with E-state index in [0.29, 0.717) is 24.5 Å². The molecule has 5 nitrogen and oxygen atoms in total. The first-order chi connectivity index (χ1) is 16.5. The Morgan fingerprint density at radius 1 is 0.971 bits per heavy atom. The maximum absolute atomic E-state index is 14.3. The third-order valence-corrected chi connectivity index (χ3v) is 7.53. The zero-order valence-corrected chi connectivity index (χ0v) is 21.5. The van der Waals surface area contributed by atoms with Gasteiger partial charge in [-0.2, -0.15) is 0 Å². The van der Waals surface area contributed by atoms with Crippen molar-refractivity contribution in [3.05, 3.63) is 65.2 Å². The van der Waals surface area contributed by atoms with Crippen molar-refractivity contribution in [2.24, 2.45) is 0 Å². The van der Waals surface area contributed by atoms with Crippen molar-refractivity contribution in [2.75, 3.05) is 37.7 Å². The highest BCUT2D eigenvalue weighted by atomic mass is 32.1. The fraction of sp³-hybridized carbons (Fsp3) is 0.357. The lowest BCUT2D eigenvalue weighted by Crippen LogP contribution is -2.39. The monoisotopic (exact) mass is 475 g/mol. The minimum atomic E-state index is -0.0687. The summed E-state index contributed by atoms with van der Waals surface area (Å²) in [6.07, 6.45) is 0. The van der Waals surface area contributed by atoms with E-state index < -0.39 is 0 Å². The van der Waals surface area contributed by atoms with Crippen molar-refractivity contribution in [3.8, 4) is 5.75 Å². The molecule has 0 unspecified atom stereocenters. The van der Waals surface area contributed by atoms with Crippen LogP contribution in [0.3, 0.4) is 0 Å². The number of thiazole rings is 1. The minimum absolute atomic E-state index is 0.0687. The predicted molar refractivity (Wildman–Crippen MR) is 144 cm³/mol. The number of ether oxygens (including phenoxy) is 1. The van der Waals surface area contributed by atoms with Crippen LogP contribution in [0, 0.1) is 13.8 Å². The van der Waals surface area contributed by atoms with Gasteiger partial charge in [0.05, 0.1) is 22.4 Å². The first-order valence-electron chi connectivity index (χ1n) is 12.0. The standard InChI is InChI=1S/C28H33N3O2S/c1-6-30(7-2)17-18-31(28-29-26-20(5)19(4)13-16-24(26)34-28)27(32)25-22-12-10-9-11-21(22)14-15-23(25)33-8-3/h9-16H,6-8,17-18H2,1-5H3. The van der Waals surface area contributed by atoms with Crippen molar-refractivity contribution >= 4 is 43.4 Å². The largest absolute Gasteiger partial charge is 0.493 e. The first-order valence-corrected chi connectivity index (χ1v) is 12.9. The number of rotatable bonds is 9. The Morgan fingerprint density at radius 3 is 2.47 bits per heavy atom. The van der Waals surface area contributed by atoms with E-state index in [2.05, 4.69) is 44.7 Å². The fourth-order valence-electron chi connectivity index (χ4n) is 4.28. The molecule has 0 saturated carbocycles. The van der Waals surface area contributed by atoms with Gasteiger partial charge in [0.2, 0.25) is 0 Å². The van der Waals surface area contributed by atoms with E-state index >= 15 is 0 Å². The molecule has 0 aliphatic heterocycles. The van der Waals surface area contributed by atoms with Crippen molar-refractivity contribution < 1.29 is 9.53 Å². The summed E-state index contributed by atoms with van der Waals surface area (Å²) in [4.78, 5) is 23.4. The smallest absolute Gasteiger partial charge is 0.264 e. The lowest BCUT2D eigenvalue weighted by molar-refractivity contribution is 0.0982. The number of likely N-dealkylation sites (N-methyl/N-ethyl adjacent to an activating group) is 1. The average Bonchev–Trinajstić information content (AvgIpc) is 3.28. The molecule has 0 bridgehead atoms. The fourth-order valence-corrected chi connectivity index (χ4v) is 5.33. The summed E-state index contributed by atoms with van der Waals surface area (Å²) in [5, 5.41) is 2.66. The number of aryl methyl sites for hydroxylation is 2.